The van der Waals surface area contributed by atoms with E-state index in [-0.39, 0.29) is 11.8 Å². The van der Waals surface area contributed by atoms with Crippen LogP contribution in [-0.4, -0.2) is 44.1 Å². The Balaban J connectivity index is 1.40. The summed E-state index contributed by atoms with van der Waals surface area (Å²) in [6.45, 7) is 3.10. The monoisotopic (exact) mass is 339 g/mol. The first-order valence-corrected chi connectivity index (χ1v) is 8.14. The number of carbonyl (C=O) groups excluding carboxylic acids is 1. The van der Waals surface area contributed by atoms with Crippen molar-refractivity contribution in [1.29, 1.82) is 0 Å². The van der Waals surface area contributed by atoms with E-state index in [9.17, 15) is 4.79 Å². The maximum atomic E-state index is 12.5. The van der Waals surface area contributed by atoms with Crippen LogP contribution >= 0.6 is 0 Å². The fourth-order valence-electron chi connectivity index (χ4n) is 2.90. The highest BCUT2D eigenvalue weighted by atomic mass is 16.4. The van der Waals surface area contributed by atoms with E-state index in [4.69, 9.17) is 8.83 Å². The molecule has 0 radical (unpaired) electrons. The van der Waals surface area contributed by atoms with Crippen LogP contribution in [0.25, 0.3) is 11.5 Å². The Morgan fingerprint density at radius 3 is 2.72 bits per heavy atom. The number of hydrogen-bond donors (Lipinski definition) is 0. The van der Waals surface area contributed by atoms with E-state index in [0.29, 0.717) is 30.6 Å². The lowest BCUT2D eigenvalue weighted by molar-refractivity contribution is 0.0700. The molecule has 1 aliphatic rings. The third kappa shape index (κ3) is 3.15. The molecular formula is C17H17N5O3. The van der Waals surface area contributed by atoms with Gasteiger partial charge in [0.05, 0.1) is 23.7 Å². The van der Waals surface area contributed by atoms with Crippen LogP contribution in [0.15, 0.2) is 39.8 Å². The summed E-state index contributed by atoms with van der Waals surface area (Å²) in [6, 6.07) is 1.78. The van der Waals surface area contributed by atoms with Gasteiger partial charge < -0.3 is 13.7 Å². The summed E-state index contributed by atoms with van der Waals surface area (Å²) in [5.74, 6) is 1.13. The number of carbonyl (C=O) groups is 1. The Morgan fingerprint density at radius 2 is 2.04 bits per heavy atom. The molecule has 3 aromatic heterocycles. The standard InChI is InChI=1S/C17H17N5O3/c1-11-8-19-14(9-18-11)17(23)22-5-2-12(3-6-22)15-20-21-16(25-15)13-4-7-24-10-13/h4,7-10,12H,2-3,5-6H2,1H3. The van der Waals surface area contributed by atoms with E-state index < -0.39 is 0 Å². The average Bonchev–Trinajstić information content (AvgIpc) is 3.33. The van der Waals surface area contributed by atoms with Crippen LogP contribution in [0.3, 0.4) is 0 Å². The molecule has 25 heavy (non-hydrogen) atoms. The number of nitrogens with zero attached hydrogens (tertiary/aromatic N) is 5. The normalized spacial score (nSPS) is 15.5. The second kappa shape index (κ2) is 6.46. The van der Waals surface area contributed by atoms with E-state index in [0.717, 1.165) is 24.1 Å². The molecule has 0 saturated carbocycles. The van der Waals surface area contributed by atoms with Gasteiger partial charge in [0.25, 0.3) is 11.8 Å². The Kier molecular flexibility index (Phi) is 4.01. The third-order valence-electron chi connectivity index (χ3n) is 4.34. The SMILES string of the molecule is Cc1cnc(C(=O)N2CCC(c3nnc(-c4ccoc4)o3)CC2)cn1. The highest BCUT2D eigenvalue weighted by Gasteiger charge is 2.28. The number of aromatic nitrogens is 4. The van der Waals surface area contributed by atoms with E-state index in [2.05, 4.69) is 20.2 Å². The van der Waals surface area contributed by atoms with Crippen LogP contribution in [0.1, 0.15) is 40.8 Å². The van der Waals surface area contributed by atoms with Gasteiger partial charge in [-0.3, -0.25) is 9.78 Å². The van der Waals surface area contributed by atoms with Crippen LogP contribution in [0, 0.1) is 6.92 Å². The van der Waals surface area contributed by atoms with Crippen molar-refractivity contribution in [2.75, 3.05) is 13.1 Å². The molecule has 0 atom stereocenters. The lowest BCUT2D eigenvalue weighted by Crippen LogP contribution is -2.38. The maximum absolute atomic E-state index is 12.5. The van der Waals surface area contributed by atoms with Crippen molar-refractivity contribution in [2.24, 2.45) is 0 Å². The molecule has 0 aliphatic carbocycles. The fraction of sp³-hybridized carbons (Fsp3) is 0.353. The molecule has 1 amide bonds. The van der Waals surface area contributed by atoms with Crippen molar-refractivity contribution in [1.82, 2.24) is 25.1 Å². The van der Waals surface area contributed by atoms with E-state index >= 15 is 0 Å². The van der Waals surface area contributed by atoms with Gasteiger partial charge >= 0.3 is 0 Å². The molecule has 0 unspecified atom stereocenters. The van der Waals surface area contributed by atoms with E-state index in [1.54, 1.807) is 29.7 Å². The van der Waals surface area contributed by atoms with Gasteiger partial charge in [0.1, 0.15) is 12.0 Å². The molecular weight excluding hydrogens is 322 g/mol. The first-order chi connectivity index (χ1) is 12.2. The average molecular weight is 339 g/mol. The summed E-state index contributed by atoms with van der Waals surface area (Å²) in [4.78, 5) is 22.6. The van der Waals surface area contributed by atoms with Crippen LogP contribution in [0.5, 0.6) is 0 Å². The van der Waals surface area contributed by atoms with Gasteiger partial charge in [-0.15, -0.1) is 10.2 Å². The molecule has 0 bridgehead atoms. The lowest BCUT2D eigenvalue weighted by atomic mass is 9.96. The quantitative estimate of drug-likeness (QED) is 0.722. The molecule has 0 aromatic carbocycles. The Bertz CT molecular complexity index is 849. The molecule has 0 spiro atoms. The zero-order valence-electron chi connectivity index (χ0n) is 13.8. The van der Waals surface area contributed by atoms with Gasteiger partial charge in [0, 0.05) is 25.2 Å². The molecule has 1 aliphatic heterocycles. The molecule has 1 saturated heterocycles. The van der Waals surface area contributed by atoms with Crippen LogP contribution in [-0.2, 0) is 0 Å². The summed E-state index contributed by atoms with van der Waals surface area (Å²) >= 11 is 0. The predicted octanol–water partition coefficient (Wildman–Crippen LogP) is 2.45. The highest BCUT2D eigenvalue weighted by molar-refractivity contribution is 5.92. The highest BCUT2D eigenvalue weighted by Crippen LogP contribution is 2.29. The molecule has 4 heterocycles. The zero-order chi connectivity index (χ0) is 17.2. The molecule has 3 aromatic rings. The smallest absolute Gasteiger partial charge is 0.274 e. The van der Waals surface area contributed by atoms with Crippen LogP contribution in [0.2, 0.25) is 0 Å². The summed E-state index contributed by atoms with van der Waals surface area (Å²) in [5.41, 5.74) is 1.94. The zero-order valence-corrected chi connectivity index (χ0v) is 13.8. The number of aryl methyl sites for hydroxylation is 1. The minimum absolute atomic E-state index is 0.0874. The molecule has 1 fully saturated rings. The first-order valence-electron chi connectivity index (χ1n) is 8.14. The maximum Gasteiger partial charge on any atom is 0.274 e. The molecule has 8 nitrogen and oxygen atoms in total. The Hall–Kier alpha value is -3.03. The van der Waals surface area contributed by atoms with Crippen molar-refractivity contribution in [2.45, 2.75) is 25.7 Å². The summed E-state index contributed by atoms with van der Waals surface area (Å²) in [5, 5.41) is 8.22. The second-order valence-corrected chi connectivity index (χ2v) is 6.07. The Morgan fingerprint density at radius 1 is 1.20 bits per heavy atom. The predicted molar refractivity (Wildman–Crippen MR) is 86.6 cm³/mol. The minimum Gasteiger partial charge on any atom is -0.472 e. The number of rotatable bonds is 3. The lowest BCUT2D eigenvalue weighted by Gasteiger charge is -2.30. The van der Waals surface area contributed by atoms with Crippen molar-refractivity contribution in [3.8, 4) is 11.5 Å². The first kappa shape index (κ1) is 15.5. The number of furan rings is 1. The number of hydrogen-bond acceptors (Lipinski definition) is 7. The summed E-state index contributed by atoms with van der Waals surface area (Å²) in [7, 11) is 0. The minimum atomic E-state index is -0.0874. The van der Waals surface area contributed by atoms with Crippen LogP contribution in [0.4, 0.5) is 0 Å². The van der Waals surface area contributed by atoms with Crippen molar-refractivity contribution in [3.63, 3.8) is 0 Å². The van der Waals surface area contributed by atoms with Crippen LogP contribution < -0.4 is 0 Å². The largest absolute Gasteiger partial charge is 0.472 e. The summed E-state index contributed by atoms with van der Waals surface area (Å²) < 4.78 is 10.8. The second-order valence-electron chi connectivity index (χ2n) is 6.07. The van der Waals surface area contributed by atoms with Gasteiger partial charge in [-0.2, -0.15) is 0 Å². The van der Waals surface area contributed by atoms with Gasteiger partial charge in [-0.05, 0) is 25.8 Å². The van der Waals surface area contributed by atoms with Gasteiger partial charge in [0.15, 0.2) is 0 Å². The number of piperidine rings is 1. The number of likely N-dealkylation sites (tertiary alicyclic amines) is 1. The van der Waals surface area contributed by atoms with Crippen molar-refractivity contribution >= 4 is 5.91 Å². The Labute approximate surface area is 143 Å². The molecule has 8 heteroatoms. The molecule has 128 valence electrons. The van der Waals surface area contributed by atoms with Gasteiger partial charge in [-0.1, -0.05) is 0 Å². The fourth-order valence-corrected chi connectivity index (χ4v) is 2.90. The van der Waals surface area contributed by atoms with E-state index in [1.807, 2.05) is 6.92 Å². The molecule has 4 rings (SSSR count). The van der Waals surface area contributed by atoms with Crippen molar-refractivity contribution in [3.05, 3.63) is 48.3 Å². The van der Waals surface area contributed by atoms with Crippen molar-refractivity contribution < 1.29 is 13.6 Å². The third-order valence-corrected chi connectivity index (χ3v) is 4.34. The topological polar surface area (TPSA) is 98.2 Å². The van der Waals surface area contributed by atoms with Gasteiger partial charge in [0.2, 0.25) is 5.89 Å². The number of amides is 1. The van der Waals surface area contributed by atoms with Gasteiger partial charge in [-0.25, -0.2) is 4.98 Å². The summed E-state index contributed by atoms with van der Waals surface area (Å²) in [6.07, 6.45) is 7.82. The molecule has 0 N–H and O–H groups in total. The van der Waals surface area contributed by atoms with E-state index in [1.165, 1.54) is 6.20 Å².